The van der Waals surface area contributed by atoms with E-state index in [1.165, 1.54) is 10.6 Å². The first kappa shape index (κ1) is 14.8. The Morgan fingerprint density at radius 3 is 2.38 bits per heavy atom. The van der Waals surface area contributed by atoms with Gasteiger partial charge in [0, 0.05) is 6.54 Å². The molecule has 1 heterocycles. The molecule has 0 aliphatic heterocycles. The SMILES string of the molecule is COc1ccc(-c2ccc(C(=O)O)c(=O)n2CCO)cc1. The molecule has 0 fully saturated rings. The van der Waals surface area contributed by atoms with Crippen LogP contribution in [0.1, 0.15) is 10.4 Å². The first-order chi connectivity index (χ1) is 10.1. The number of carboxylic acids is 1. The lowest BCUT2D eigenvalue weighted by molar-refractivity contribution is 0.0694. The Morgan fingerprint density at radius 2 is 1.86 bits per heavy atom. The molecule has 0 spiro atoms. The molecule has 0 bridgehead atoms. The summed E-state index contributed by atoms with van der Waals surface area (Å²) < 4.78 is 6.33. The molecule has 0 saturated heterocycles. The Morgan fingerprint density at radius 1 is 1.19 bits per heavy atom. The molecule has 1 aromatic heterocycles. The number of hydrogen-bond donors (Lipinski definition) is 2. The van der Waals surface area contributed by atoms with Gasteiger partial charge in [0.05, 0.1) is 19.4 Å². The molecule has 0 saturated carbocycles. The third kappa shape index (κ3) is 2.95. The minimum atomic E-state index is -1.28. The summed E-state index contributed by atoms with van der Waals surface area (Å²) in [4.78, 5) is 23.2. The highest BCUT2D eigenvalue weighted by Gasteiger charge is 2.14. The first-order valence-electron chi connectivity index (χ1n) is 6.31. The number of aliphatic hydroxyl groups excluding tert-OH is 1. The molecule has 2 N–H and O–H groups in total. The number of pyridine rings is 1. The van der Waals surface area contributed by atoms with E-state index in [4.69, 9.17) is 14.9 Å². The predicted molar refractivity (Wildman–Crippen MR) is 76.7 cm³/mol. The number of carboxylic acid groups (broad SMARTS) is 1. The average Bonchev–Trinajstić information content (AvgIpc) is 2.49. The monoisotopic (exact) mass is 289 g/mol. The zero-order valence-electron chi connectivity index (χ0n) is 11.4. The number of hydrogen-bond acceptors (Lipinski definition) is 4. The topological polar surface area (TPSA) is 88.8 Å². The van der Waals surface area contributed by atoms with Gasteiger partial charge in [-0.15, -0.1) is 0 Å². The number of aliphatic hydroxyl groups is 1. The van der Waals surface area contributed by atoms with E-state index in [0.717, 1.165) is 5.56 Å². The van der Waals surface area contributed by atoms with E-state index in [0.29, 0.717) is 11.4 Å². The van der Waals surface area contributed by atoms with Gasteiger partial charge in [0.15, 0.2) is 0 Å². The van der Waals surface area contributed by atoms with Crippen LogP contribution in [0.15, 0.2) is 41.2 Å². The van der Waals surface area contributed by atoms with Crippen LogP contribution < -0.4 is 10.3 Å². The summed E-state index contributed by atoms with van der Waals surface area (Å²) in [6.07, 6.45) is 0. The van der Waals surface area contributed by atoms with E-state index in [1.807, 2.05) is 0 Å². The molecule has 0 atom stereocenters. The van der Waals surface area contributed by atoms with Crippen molar-refractivity contribution in [1.29, 1.82) is 0 Å². The van der Waals surface area contributed by atoms with E-state index >= 15 is 0 Å². The van der Waals surface area contributed by atoms with E-state index in [9.17, 15) is 9.59 Å². The van der Waals surface area contributed by atoms with Gasteiger partial charge in [-0.05, 0) is 42.0 Å². The lowest BCUT2D eigenvalue weighted by Gasteiger charge is -2.13. The largest absolute Gasteiger partial charge is 0.497 e. The standard InChI is InChI=1S/C15H15NO5/c1-21-11-4-2-10(3-5-11)13-7-6-12(15(19)20)14(18)16(13)8-9-17/h2-7,17H,8-9H2,1H3,(H,19,20). The number of ether oxygens (including phenoxy) is 1. The summed E-state index contributed by atoms with van der Waals surface area (Å²) in [5.74, 6) is -0.607. The second kappa shape index (κ2) is 6.23. The van der Waals surface area contributed by atoms with Crippen LogP contribution in [0.25, 0.3) is 11.3 Å². The summed E-state index contributed by atoms with van der Waals surface area (Å²) in [6.45, 7) is -0.229. The van der Waals surface area contributed by atoms with Crippen LogP contribution in [-0.2, 0) is 6.54 Å². The van der Waals surface area contributed by atoms with Crippen molar-refractivity contribution >= 4 is 5.97 Å². The van der Waals surface area contributed by atoms with Gasteiger partial charge in [0.25, 0.3) is 5.56 Å². The fourth-order valence-electron chi connectivity index (χ4n) is 2.08. The van der Waals surface area contributed by atoms with Crippen LogP contribution in [0.5, 0.6) is 5.75 Å². The van der Waals surface area contributed by atoms with Gasteiger partial charge in [0.2, 0.25) is 0 Å². The molecule has 0 aliphatic rings. The third-order valence-corrected chi connectivity index (χ3v) is 3.11. The molecular formula is C15H15NO5. The average molecular weight is 289 g/mol. The van der Waals surface area contributed by atoms with Crippen molar-refractivity contribution in [1.82, 2.24) is 4.57 Å². The van der Waals surface area contributed by atoms with Crippen LogP contribution in [0.4, 0.5) is 0 Å². The van der Waals surface area contributed by atoms with Gasteiger partial charge >= 0.3 is 5.97 Å². The quantitative estimate of drug-likeness (QED) is 0.863. The minimum absolute atomic E-state index is 0.0291. The summed E-state index contributed by atoms with van der Waals surface area (Å²) in [5, 5.41) is 18.1. The second-order valence-electron chi connectivity index (χ2n) is 4.35. The van der Waals surface area contributed by atoms with Crippen molar-refractivity contribution < 1.29 is 19.7 Å². The van der Waals surface area contributed by atoms with Crippen molar-refractivity contribution in [3.8, 4) is 17.0 Å². The maximum absolute atomic E-state index is 12.2. The lowest BCUT2D eigenvalue weighted by atomic mass is 10.1. The maximum atomic E-state index is 12.2. The Kier molecular flexibility index (Phi) is 4.39. The number of aromatic nitrogens is 1. The molecule has 0 amide bonds. The van der Waals surface area contributed by atoms with Gasteiger partial charge < -0.3 is 19.5 Å². The number of benzene rings is 1. The molecule has 21 heavy (non-hydrogen) atoms. The third-order valence-electron chi connectivity index (χ3n) is 3.11. The Labute approximate surface area is 120 Å². The number of nitrogens with zero attached hydrogens (tertiary/aromatic N) is 1. The molecular weight excluding hydrogens is 274 g/mol. The minimum Gasteiger partial charge on any atom is -0.497 e. The molecule has 6 nitrogen and oxygen atoms in total. The highest BCUT2D eigenvalue weighted by molar-refractivity contribution is 5.87. The van der Waals surface area contributed by atoms with E-state index < -0.39 is 11.5 Å². The highest BCUT2D eigenvalue weighted by atomic mass is 16.5. The van der Waals surface area contributed by atoms with Crippen LogP contribution in [0.2, 0.25) is 0 Å². The summed E-state index contributed by atoms with van der Waals surface area (Å²) >= 11 is 0. The zero-order valence-corrected chi connectivity index (χ0v) is 11.4. The van der Waals surface area contributed by atoms with Gasteiger partial charge in [-0.3, -0.25) is 4.79 Å². The molecule has 2 aromatic rings. The molecule has 6 heteroatoms. The fourth-order valence-corrected chi connectivity index (χ4v) is 2.08. The van der Waals surface area contributed by atoms with Crippen molar-refractivity contribution in [2.45, 2.75) is 6.54 Å². The molecule has 0 aliphatic carbocycles. The van der Waals surface area contributed by atoms with E-state index in [-0.39, 0.29) is 18.7 Å². The molecule has 0 radical (unpaired) electrons. The number of methoxy groups -OCH3 is 1. The van der Waals surface area contributed by atoms with Crippen LogP contribution in [0.3, 0.4) is 0 Å². The highest BCUT2D eigenvalue weighted by Crippen LogP contribution is 2.21. The smallest absolute Gasteiger partial charge is 0.341 e. The van der Waals surface area contributed by atoms with Gasteiger partial charge in [-0.25, -0.2) is 4.79 Å². The van der Waals surface area contributed by atoms with Crippen molar-refractivity contribution in [2.24, 2.45) is 0 Å². The van der Waals surface area contributed by atoms with E-state index in [1.54, 1.807) is 37.4 Å². The molecule has 110 valence electrons. The van der Waals surface area contributed by atoms with Gasteiger partial charge in [-0.1, -0.05) is 0 Å². The van der Waals surface area contributed by atoms with Crippen LogP contribution in [-0.4, -0.2) is 34.5 Å². The molecule has 2 rings (SSSR count). The van der Waals surface area contributed by atoms with Crippen LogP contribution >= 0.6 is 0 Å². The Bertz CT molecular complexity index is 703. The number of aromatic carboxylic acids is 1. The maximum Gasteiger partial charge on any atom is 0.341 e. The second-order valence-corrected chi connectivity index (χ2v) is 4.35. The summed E-state index contributed by atoms with van der Waals surface area (Å²) in [5.41, 5.74) is 0.325. The summed E-state index contributed by atoms with van der Waals surface area (Å²) in [6, 6.07) is 9.85. The van der Waals surface area contributed by atoms with Crippen molar-refractivity contribution in [2.75, 3.05) is 13.7 Å². The fraction of sp³-hybridized carbons (Fsp3) is 0.200. The molecule has 0 unspecified atom stereocenters. The number of rotatable bonds is 5. The van der Waals surface area contributed by atoms with Gasteiger partial charge in [-0.2, -0.15) is 0 Å². The predicted octanol–water partition coefficient (Wildman–Crippen LogP) is 1.21. The van der Waals surface area contributed by atoms with Gasteiger partial charge in [0.1, 0.15) is 11.3 Å². The summed E-state index contributed by atoms with van der Waals surface area (Å²) in [7, 11) is 1.55. The van der Waals surface area contributed by atoms with Crippen molar-refractivity contribution in [3.63, 3.8) is 0 Å². The Balaban J connectivity index is 2.59. The number of carbonyl (C=O) groups is 1. The van der Waals surface area contributed by atoms with Crippen LogP contribution in [0, 0.1) is 0 Å². The zero-order chi connectivity index (χ0) is 15.4. The Hall–Kier alpha value is -2.60. The normalized spacial score (nSPS) is 10.4. The first-order valence-corrected chi connectivity index (χ1v) is 6.31. The van der Waals surface area contributed by atoms with E-state index in [2.05, 4.69) is 0 Å². The van der Waals surface area contributed by atoms with Crippen molar-refractivity contribution in [3.05, 3.63) is 52.3 Å². The lowest BCUT2D eigenvalue weighted by Crippen LogP contribution is -2.28. The molecule has 1 aromatic carbocycles.